The van der Waals surface area contributed by atoms with Gasteiger partial charge in [0, 0.05) is 18.6 Å². The molecule has 0 saturated heterocycles. The summed E-state index contributed by atoms with van der Waals surface area (Å²) >= 11 is 1.33. The zero-order chi connectivity index (χ0) is 16.7. The molecule has 0 fully saturated rings. The number of hydrogen-bond acceptors (Lipinski definition) is 4. The van der Waals surface area contributed by atoms with E-state index in [0.717, 1.165) is 19.3 Å². The van der Waals surface area contributed by atoms with E-state index in [9.17, 15) is 9.59 Å². The number of hydrogen-bond donors (Lipinski definition) is 1. The van der Waals surface area contributed by atoms with Crippen LogP contribution < -0.4 is 5.69 Å². The van der Waals surface area contributed by atoms with Crippen LogP contribution >= 0.6 is 11.8 Å². The van der Waals surface area contributed by atoms with Gasteiger partial charge in [0.15, 0.2) is 5.16 Å². The summed E-state index contributed by atoms with van der Waals surface area (Å²) in [5.74, 6) is 0.412. The predicted octanol–water partition coefficient (Wildman–Crippen LogP) is 2.50. The Kier molecular flexibility index (Phi) is 7.72. The molecule has 0 aliphatic heterocycles. The summed E-state index contributed by atoms with van der Waals surface area (Å²) in [6.07, 6.45) is 2.72. The van der Waals surface area contributed by atoms with Crippen LogP contribution in [0.15, 0.2) is 9.95 Å². The van der Waals surface area contributed by atoms with Crippen LogP contribution in [0.5, 0.6) is 0 Å². The lowest BCUT2D eigenvalue weighted by Gasteiger charge is -2.34. The molecule has 1 amide bonds. The maximum Gasteiger partial charge on any atom is 0.343 e. The first-order chi connectivity index (χ1) is 10.5. The summed E-state index contributed by atoms with van der Waals surface area (Å²) in [6.45, 7) is 11.0. The Bertz CT molecular complexity index is 516. The molecule has 6 nitrogen and oxygen atoms in total. The third-order valence-corrected chi connectivity index (χ3v) is 4.88. The Hall–Kier alpha value is -1.24. The first kappa shape index (κ1) is 18.8. The fraction of sp³-hybridized carbons (Fsp3) is 0.800. The number of amides is 1. The highest BCUT2D eigenvalue weighted by Crippen LogP contribution is 2.18. The average molecular weight is 328 g/mol. The Labute approximate surface area is 136 Å². The van der Waals surface area contributed by atoms with Crippen molar-refractivity contribution in [1.82, 2.24) is 19.7 Å². The van der Waals surface area contributed by atoms with Gasteiger partial charge in [-0.25, -0.2) is 9.89 Å². The molecule has 0 aliphatic carbocycles. The van der Waals surface area contributed by atoms with E-state index in [1.807, 2.05) is 11.8 Å². The zero-order valence-corrected chi connectivity index (χ0v) is 15.1. The molecule has 0 saturated carbocycles. The van der Waals surface area contributed by atoms with Gasteiger partial charge < -0.3 is 4.90 Å². The van der Waals surface area contributed by atoms with Crippen molar-refractivity contribution in [2.75, 3.05) is 5.75 Å². The minimum atomic E-state index is -0.211. The number of nitrogens with one attached hydrogen (secondary N) is 1. The van der Waals surface area contributed by atoms with Gasteiger partial charge in [-0.1, -0.05) is 32.5 Å². The number of nitrogens with zero attached hydrogens (tertiary/aromatic N) is 3. The molecule has 0 aliphatic rings. The SMILES string of the molecule is CCCn1c(SCC(=O)N([C@H](C)CC)[C@@H](C)CC)n[nH]c1=O. The molecular formula is C15H28N4O2S. The minimum Gasteiger partial charge on any atom is -0.337 e. The van der Waals surface area contributed by atoms with Gasteiger partial charge in [-0.05, 0) is 33.1 Å². The molecule has 0 radical (unpaired) electrons. The highest BCUT2D eigenvalue weighted by molar-refractivity contribution is 7.99. The van der Waals surface area contributed by atoms with Crippen molar-refractivity contribution in [3.63, 3.8) is 0 Å². The molecule has 7 heteroatoms. The zero-order valence-electron chi connectivity index (χ0n) is 14.3. The summed E-state index contributed by atoms with van der Waals surface area (Å²) in [7, 11) is 0. The lowest BCUT2D eigenvalue weighted by atomic mass is 10.1. The van der Waals surface area contributed by atoms with Gasteiger partial charge in [0.05, 0.1) is 5.75 Å². The second-order valence-corrected chi connectivity index (χ2v) is 6.51. The van der Waals surface area contributed by atoms with E-state index in [1.54, 1.807) is 4.57 Å². The lowest BCUT2D eigenvalue weighted by molar-refractivity contribution is -0.132. The molecule has 1 heterocycles. The van der Waals surface area contributed by atoms with Crippen LogP contribution in [0.3, 0.4) is 0 Å². The second kappa shape index (κ2) is 9.02. The molecule has 1 rings (SSSR count). The molecule has 0 bridgehead atoms. The molecule has 1 N–H and O–H groups in total. The van der Waals surface area contributed by atoms with Crippen LogP contribution in [-0.4, -0.2) is 43.4 Å². The molecule has 0 unspecified atom stereocenters. The number of thioether (sulfide) groups is 1. The molecule has 22 heavy (non-hydrogen) atoms. The van der Waals surface area contributed by atoms with Gasteiger partial charge in [0.2, 0.25) is 5.91 Å². The van der Waals surface area contributed by atoms with Crippen molar-refractivity contribution in [2.45, 2.75) is 77.7 Å². The minimum absolute atomic E-state index is 0.104. The quantitative estimate of drug-likeness (QED) is 0.707. The first-order valence-corrected chi connectivity index (χ1v) is 9.03. The number of carbonyl (C=O) groups is 1. The van der Waals surface area contributed by atoms with E-state index >= 15 is 0 Å². The van der Waals surface area contributed by atoms with Crippen molar-refractivity contribution in [1.29, 1.82) is 0 Å². The number of rotatable bonds is 9. The molecule has 0 spiro atoms. The molecule has 1 aromatic rings. The van der Waals surface area contributed by atoms with E-state index in [0.29, 0.717) is 17.5 Å². The normalized spacial score (nSPS) is 13.9. The maximum atomic E-state index is 12.6. The van der Waals surface area contributed by atoms with E-state index in [4.69, 9.17) is 0 Å². The van der Waals surface area contributed by atoms with E-state index in [-0.39, 0.29) is 23.7 Å². The Balaban J connectivity index is 2.77. The van der Waals surface area contributed by atoms with Crippen molar-refractivity contribution in [2.24, 2.45) is 0 Å². The fourth-order valence-electron chi connectivity index (χ4n) is 2.35. The van der Waals surface area contributed by atoms with E-state index in [1.165, 1.54) is 11.8 Å². The standard InChI is InChI=1S/C15H28N4O2S/c1-6-9-18-14(21)16-17-15(18)22-10-13(20)19(11(4)7-2)12(5)8-3/h11-12H,6-10H2,1-5H3,(H,16,21)/t11-,12+. The third-order valence-electron chi connectivity index (χ3n) is 3.91. The van der Waals surface area contributed by atoms with Gasteiger partial charge in [-0.3, -0.25) is 9.36 Å². The summed E-state index contributed by atoms with van der Waals surface area (Å²) in [5.41, 5.74) is -0.211. The summed E-state index contributed by atoms with van der Waals surface area (Å²) in [4.78, 5) is 26.2. The Morgan fingerprint density at radius 3 is 2.36 bits per heavy atom. The monoisotopic (exact) mass is 328 g/mol. The van der Waals surface area contributed by atoms with Crippen LogP contribution in [0, 0.1) is 0 Å². The Morgan fingerprint density at radius 2 is 1.86 bits per heavy atom. The Morgan fingerprint density at radius 1 is 1.27 bits per heavy atom. The first-order valence-electron chi connectivity index (χ1n) is 8.05. The average Bonchev–Trinajstić information content (AvgIpc) is 2.86. The van der Waals surface area contributed by atoms with Crippen molar-refractivity contribution >= 4 is 17.7 Å². The number of H-pyrrole nitrogens is 1. The van der Waals surface area contributed by atoms with E-state index in [2.05, 4.69) is 37.9 Å². The van der Waals surface area contributed by atoms with Crippen LogP contribution in [0.4, 0.5) is 0 Å². The van der Waals surface area contributed by atoms with Gasteiger partial charge >= 0.3 is 5.69 Å². The predicted molar refractivity (Wildman–Crippen MR) is 90.2 cm³/mol. The summed E-state index contributed by atoms with van der Waals surface area (Å²) in [5, 5.41) is 7.06. The summed E-state index contributed by atoms with van der Waals surface area (Å²) in [6, 6.07) is 0.445. The van der Waals surface area contributed by atoms with Gasteiger partial charge in [-0.15, -0.1) is 5.10 Å². The molecule has 126 valence electrons. The van der Waals surface area contributed by atoms with E-state index < -0.39 is 0 Å². The second-order valence-electron chi connectivity index (χ2n) is 5.57. The largest absolute Gasteiger partial charge is 0.343 e. The number of aromatic nitrogens is 3. The molecular weight excluding hydrogens is 300 g/mol. The third kappa shape index (κ3) is 4.63. The van der Waals surface area contributed by atoms with Crippen LogP contribution in [0.1, 0.15) is 53.9 Å². The van der Waals surface area contributed by atoms with Crippen molar-refractivity contribution in [3.8, 4) is 0 Å². The van der Waals surface area contributed by atoms with Gasteiger partial charge in [0.1, 0.15) is 0 Å². The van der Waals surface area contributed by atoms with Crippen LogP contribution in [-0.2, 0) is 11.3 Å². The fourth-order valence-corrected chi connectivity index (χ4v) is 3.20. The molecule has 0 aromatic carbocycles. The summed E-state index contributed by atoms with van der Waals surface area (Å²) < 4.78 is 1.59. The van der Waals surface area contributed by atoms with Crippen LogP contribution in [0.2, 0.25) is 0 Å². The van der Waals surface area contributed by atoms with Crippen molar-refractivity contribution < 1.29 is 4.79 Å². The topological polar surface area (TPSA) is 71.0 Å². The molecule has 2 atom stereocenters. The number of aromatic amines is 1. The van der Waals surface area contributed by atoms with Crippen LogP contribution in [0.25, 0.3) is 0 Å². The highest BCUT2D eigenvalue weighted by Gasteiger charge is 2.24. The lowest BCUT2D eigenvalue weighted by Crippen LogP contribution is -2.45. The highest BCUT2D eigenvalue weighted by atomic mass is 32.2. The van der Waals surface area contributed by atoms with Gasteiger partial charge in [-0.2, -0.15) is 0 Å². The molecule has 1 aromatic heterocycles. The smallest absolute Gasteiger partial charge is 0.337 e. The van der Waals surface area contributed by atoms with Gasteiger partial charge in [0.25, 0.3) is 0 Å². The van der Waals surface area contributed by atoms with Crippen molar-refractivity contribution in [3.05, 3.63) is 10.5 Å². The number of carbonyl (C=O) groups excluding carboxylic acids is 1. The maximum absolute atomic E-state index is 12.6.